The number of hydrogen-bond acceptors (Lipinski definition) is 6. The summed E-state index contributed by atoms with van der Waals surface area (Å²) in [6.45, 7) is 8.03. The van der Waals surface area contributed by atoms with Crippen molar-refractivity contribution in [2.45, 2.75) is 58.2 Å². The third-order valence-electron chi connectivity index (χ3n) is 5.86. The molecule has 1 saturated carbocycles. The molecule has 2 aliphatic rings. The first-order valence-electron chi connectivity index (χ1n) is 11.0. The molecule has 3 heterocycles. The van der Waals surface area contributed by atoms with E-state index >= 15 is 0 Å². The zero-order chi connectivity index (χ0) is 23.8. The minimum Gasteiger partial charge on any atom is -0.401 e. The van der Waals surface area contributed by atoms with Gasteiger partial charge in [-0.3, -0.25) is 9.98 Å². The number of anilines is 1. The van der Waals surface area contributed by atoms with Gasteiger partial charge in [0.2, 0.25) is 0 Å². The molecule has 1 atom stereocenters. The van der Waals surface area contributed by atoms with Crippen molar-refractivity contribution < 1.29 is 13.2 Å². The highest BCUT2D eigenvalue weighted by atomic mass is 19.4. The van der Waals surface area contributed by atoms with Gasteiger partial charge in [0.05, 0.1) is 27.9 Å². The largest absolute Gasteiger partial charge is 0.417 e. The van der Waals surface area contributed by atoms with E-state index in [1.807, 2.05) is 20.0 Å². The minimum absolute atomic E-state index is 0.276. The van der Waals surface area contributed by atoms with Gasteiger partial charge in [-0.15, -0.1) is 0 Å². The van der Waals surface area contributed by atoms with E-state index in [0.29, 0.717) is 46.4 Å². The maximum atomic E-state index is 12.9. The summed E-state index contributed by atoms with van der Waals surface area (Å²) in [6.07, 6.45) is 2.20. The summed E-state index contributed by atoms with van der Waals surface area (Å²) < 4.78 is 38.8. The number of nitrogens with one attached hydrogen (secondary N) is 1. The summed E-state index contributed by atoms with van der Waals surface area (Å²) in [7, 11) is 0. The highest BCUT2D eigenvalue weighted by Gasteiger charge is 2.31. The van der Waals surface area contributed by atoms with Gasteiger partial charge in [-0.2, -0.15) is 13.2 Å². The van der Waals surface area contributed by atoms with E-state index < -0.39 is 11.7 Å². The van der Waals surface area contributed by atoms with Crippen molar-refractivity contribution in [3.63, 3.8) is 0 Å². The van der Waals surface area contributed by atoms with Crippen LogP contribution in [0.25, 0.3) is 12.3 Å². The molecule has 1 aliphatic heterocycles. The van der Waals surface area contributed by atoms with Crippen molar-refractivity contribution in [3.8, 4) is 0 Å². The molecule has 1 aliphatic carbocycles. The van der Waals surface area contributed by atoms with Gasteiger partial charge < -0.3 is 11.1 Å². The van der Waals surface area contributed by atoms with Crippen molar-refractivity contribution in [1.82, 2.24) is 15.0 Å². The second-order valence-electron chi connectivity index (χ2n) is 8.62. The van der Waals surface area contributed by atoms with Crippen LogP contribution in [-0.2, 0) is 12.6 Å². The van der Waals surface area contributed by atoms with E-state index in [1.54, 1.807) is 0 Å². The fourth-order valence-corrected chi connectivity index (χ4v) is 3.91. The van der Waals surface area contributed by atoms with Crippen LogP contribution in [0.4, 0.5) is 19.0 Å². The van der Waals surface area contributed by atoms with Gasteiger partial charge in [-0.1, -0.05) is 13.5 Å². The third-order valence-corrected chi connectivity index (χ3v) is 5.86. The van der Waals surface area contributed by atoms with Gasteiger partial charge in [0.25, 0.3) is 0 Å². The molecular weight excluding hydrogens is 429 g/mol. The second kappa shape index (κ2) is 8.96. The summed E-state index contributed by atoms with van der Waals surface area (Å²) >= 11 is 0. The van der Waals surface area contributed by atoms with Crippen molar-refractivity contribution in [2.24, 2.45) is 16.6 Å². The molecule has 0 spiro atoms. The maximum absolute atomic E-state index is 12.9. The molecule has 1 fully saturated rings. The number of allylic oxidation sites excluding steroid dienone is 1. The van der Waals surface area contributed by atoms with Gasteiger partial charge in [-0.25, -0.2) is 9.97 Å². The predicted octanol–water partition coefficient (Wildman–Crippen LogP) is 3.63. The quantitative estimate of drug-likeness (QED) is 0.664. The van der Waals surface area contributed by atoms with Crippen LogP contribution in [0.15, 0.2) is 35.1 Å². The maximum Gasteiger partial charge on any atom is 0.417 e. The minimum atomic E-state index is -4.43. The van der Waals surface area contributed by atoms with Crippen LogP contribution < -0.4 is 21.6 Å². The van der Waals surface area contributed by atoms with Crippen LogP contribution >= 0.6 is 0 Å². The highest BCUT2D eigenvalue weighted by Crippen LogP contribution is 2.34. The molecule has 174 valence electrons. The number of nitrogens with two attached hydrogens (primary N) is 1. The Morgan fingerprint density at radius 3 is 2.58 bits per heavy atom. The van der Waals surface area contributed by atoms with E-state index in [4.69, 9.17) is 10.7 Å². The Labute approximate surface area is 190 Å². The van der Waals surface area contributed by atoms with Crippen molar-refractivity contribution in [2.75, 3.05) is 5.32 Å². The Kier molecular flexibility index (Phi) is 6.23. The molecule has 0 radical (unpaired) electrons. The number of pyridine rings is 1. The molecule has 4 rings (SSSR count). The van der Waals surface area contributed by atoms with E-state index in [-0.39, 0.29) is 12.0 Å². The number of halogens is 3. The number of alkyl halides is 3. The summed E-state index contributed by atoms with van der Waals surface area (Å²) in [6, 6.07) is 2.09. The van der Waals surface area contributed by atoms with E-state index in [2.05, 4.69) is 26.9 Å². The Morgan fingerprint density at radius 2 is 2.03 bits per heavy atom. The molecular formula is C24H27F3N6. The Morgan fingerprint density at radius 1 is 1.27 bits per heavy atom. The molecule has 33 heavy (non-hydrogen) atoms. The first kappa shape index (κ1) is 22.9. The Balaban J connectivity index is 1.69. The van der Waals surface area contributed by atoms with Crippen LogP contribution in [0, 0.1) is 5.92 Å². The van der Waals surface area contributed by atoms with Crippen molar-refractivity contribution in [3.05, 3.63) is 57.8 Å². The van der Waals surface area contributed by atoms with Gasteiger partial charge in [0.1, 0.15) is 11.6 Å². The molecule has 0 bridgehead atoms. The van der Waals surface area contributed by atoms with Crippen molar-refractivity contribution in [1.29, 1.82) is 0 Å². The summed E-state index contributed by atoms with van der Waals surface area (Å²) in [5, 5.41) is 4.59. The van der Waals surface area contributed by atoms with Crippen LogP contribution in [-0.4, -0.2) is 20.7 Å². The fourth-order valence-electron chi connectivity index (χ4n) is 3.91. The molecule has 0 amide bonds. The van der Waals surface area contributed by atoms with Gasteiger partial charge >= 0.3 is 6.18 Å². The lowest BCUT2D eigenvalue weighted by atomic mass is 10.1. The van der Waals surface area contributed by atoms with Crippen LogP contribution in [0.1, 0.15) is 62.7 Å². The molecule has 6 nitrogen and oxygen atoms in total. The number of nitrogens with zero attached hydrogens (tertiary/aromatic N) is 4. The average molecular weight is 457 g/mol. The topological polar surface area (TPSA) is 89.1 Å². The van der Waals surface area contributed by atoms with E-state index in [9.17, 15) is 13.2 Å². The van der Waals surface area contributed by atoms with Crippen molar-refractivity contribution >= 4 is 23.8 Å². The normalized spacial score (nSPS) is 18.0. The highest BCUT2D eigenvalue weighted by molar-refractivity contribution is 5.86. The predicted molar refractivity (Wildman–Crippen MR) is 123 cm³/mol. The Bertz CT molecular complexity index is 1210. The van der Waals surface area contributed by atoms with Gasteiger partial charge in [0.15, 0.2) is 0 Å². The first-order valence-corrected chi connectivity index (χ1v) is 11.0. The lowest BCUT2D eigenvalue weighted by Crippen LogP contribution is -2.38. The smallest absolute Gasteiger partial charge is 0.401 e. The Hall–Kier alpha value is -3.23. The SMILES string of the molecule is C=c1nc(CC2=CN=C(C)C2)nc(NC(CC)c2ccc(C(F)(F)F)cn2)c1=C(N)C1CC1. The summed E-state index contributed by atoms with van der Waals surface area (Å²) in [5.41, 5.74) is 9.01. The monoisotopic (exact) mass is 456 g/mol. The van der Waals surface area contributed by atoms with Crippen LogP contribution in [0.5, 0.6) is 0 Å². The first-order chi connectivity index (χ1) is 15.7. The van der Waals surface area contributed by atoms with E-state index in [0.717, 1.165) is 42.8 Å². The number of rotatable bonds is 7. The molecule has 0 aromatic carbocycles. The van der Waals surface area contributed by atoms with Crippen LogP contribution in [0.2, 0.25) is 0 Å². The van der Waals surface area contributed by atoms with Crippen LogP contribution in [0.3, 0.4) is 0 Å². The second-order valence-corrected chi connectivity index (χ2v) is 8.62. The molecule has 2 aromatic heterocycles. The average Bonchev–Trinajstić information content (AvgIpc) is 3.53. The molecule has 0 saturated heterocycles. The molecule has 3 N–H and O–H groups in total. The van der Waals surface area contributed by atoms with Gasteiger partial charge in [0, 0.05) is 36.6 Å². The molecule has 9 heteroatoms. The zero-order valence-electron chi connectivity index (χ0n) is 18.7. The fraction of sp³-hybridized carbons (Fsp3) is 0.417. The zero-order valence-corrected chi connectivity index (χ0v) is 18.7. The summed E-state index contributed by atoms with van der Waals surface area (Å²) in [5.74, 6) is 1.42. The van der Waals surface area contributed by atoms with Gasteiger partial charge in [-0.05, 0) is 49.8 Å². The number of aromatic nitrogens is 3. The number of aliphatic imine (C=N–C) groups is 1. The standard InChI is InChI=1S/C24H27F3N6/c1-4-18(19-8-7-17(12-30-19)24(25,26)27)32-23-21(22(28)16-5-6-16)14(3)31-20(33-23)10-15-9-13(2)29-11-15/h7-8,11-12,16,18H,3-6,9-10,28H2,1-2H3,(H,31,32,33). The van der Waals surface area contributed by atoms with E-state index in [1.165, 1.54) is 6.07 Å². The lowest BCUT2D eigenvalue weighted by Gasteiger charge is -2.19. The number of hydrogen-bond donors (Lipinski definition) is 2. The molecule has 1 unspecified atom stereocenters. The molecule has 2 aromatic rings. The lowest BCUT2D eigenvalue weighted by molar-refractivity contribution is -0.137. The summed E-state index contributed by atoms with van der Waals surface area (Å²) in [4.78, 5) is 17.7. The third kappa shape index (κ3) is 5.23.